The highest BCUT2D eigenvalue weighted by molar-refractivity contribution is 5.71. The highest BCUT2D eigenvalue weighted by Crippen LogP contribution is 2.19. The molecule has 0 saturated carbocycles. The van der Waals surface area contributed by atoms with Gasteiger partial charge in [-0.05, 0) is 51.4 Å². The maximum absolute atomic E-state index is 12.8. The fraction of sp³-hybridized carbons (Fsp3) is 0.901. The van der Waals surface area contributed by atoms with Crippen molar-refractivity contribution in [1.29, 1.82) is 0 Å². The second kappa shape index (κ2) is 66.4. The van der Waals surface area contributed by atoms with Crippen molar-refractivity contribution in [2.45, 2.75) is 399 Å². The number of ether oxygens (including phenoxy) is 3. The minimum atomic E-state index is -0.765. The van der Waals surface area contributed by atoms with Crippen LogP contribution in [0, 0.1) is 0 Å². The molecule has 0 aromatic carbocycles. The van der Waals surface area contributed by atoms with Crippen LogP contribution in [0.3, 0.4) is 0 Å². The summed E-state index contributed by atoms with van der Waals surface area (Å²) in [7, 11) is 0. The monoisotopic (exact) mass is 1080 g/mol. The van der Waals surface area contributed by atoms with Crippen molar-refractivity contribution in [2.75, 3.05) is 13.2 Å². The average Bonchev–Trinajstić information content (AvgIpc) is 3.43. The summed E-state index contributed by atoms with van der Waals surface area (Å²) in [4.78, 5) is 38.0. The van der Waals surface area contributed by atoms with Crippen molar-refractivity contribution < 1.29 is 28.6 Å². The van der Waals surface area contributed by atoms with Crippen LogP contribution in [0.25, 0.3) is 0 Å². The molecule has 0 N–H and O–H groups in total. The molecule has 6 nitrogen and oxygen atoms in total. The molecule has 1 atom stereocenters. The lowest BCUT2D eigenvalue weighted by atomic mass is 10.0. The van der Waals surface area contributed by atoms with Crippen molar-refractivity contribution in [3.05, 3.63) is 24.3 Å². The van der Waals surface area contributed by atoms with Crippen molar-refractivity contribution in [1.82, 2.24) is 0 Å². The molecule has 0 saturated heterocycles. The van der Waals surface area contributed by atoms with E-state index in [0.29, 0.717) is 19.3 Å². The van der Waals surface area contributed by atoms with Crippen LogP contribution in [0.4, 0.5) is 0 Å². The van der Waals surface area contributed by atoms with Gasteiger partial charge in [0, 0.05) is 19.3 Å². The predicted octanol–water partition coefficient (Wildman–Crippen LogP) is 23.8. The van der Waals surface area contributed by atoms with Crippen molar-refractivity contribution in [2.24, 2.45) is 0 Å². The molecule has 0 aliphatic rings. The first-order valence-electron chi connectivity index (χ1n) is 34.8. The molecule has 0 radical (unpaired) electrons. The molecule has 0 amide bonds. The van der Waals surface area contributed by atoms with E-state index < -0.39 is 6.10 Å². The summed E-state index contributed by atoms with van der Waals surface area (Å²) in [6.45, 7) is 6.62. The fourth-order valence-corrected chi connectivity index (χ4v) is 10.7. The van der Waals surface area contributed by atoms with Crippen LogP contribution < -0.4 is 0 Å². The third-order valence-electron chi connectivity index (χ3n) is 16.0. The Balaban J connectivity index is 3.92. The molecule has 0 bridgehead atoms. The van der Waals surface area contributed by atoms with Gasteiger partial charge in [-0.25, -0.2) is 0 Å². The average molecular weight is 1080 g/mol. The van der Waals surface area contributed by atoms with E-state index in [0.717, 1.165) is 70.6 Å². The molecule has 0 aliphatic carbocycles. The van der Waals surface area contributed by atoms with Gasteiger partial charge in [-0.1, -0.05) is 347 Å². The van der Waals surface area contributed by atoms with Gasteiger partial charge >= 0.3 is 17.9 Å². The summed E-state index contributed by atoms with van der Waals surface area (Å²) in [5.74, 6) is -0.855. The van der Waals surface area contributed by atoms with Gasteiger partial charge in [-0.3, -0.25) is 14.4 Å². The number of carbonyl (C=O) groups excluding carboxylic acids is 3. The summed E-state index contributed by atoms with van der Waals surface area (Å²) in [6.07, 6.45) is 81.3. The van der Waals surface area contributed by atoms with Gasteiger partial charge in [0.15, 0.2) is 6.10 Å². The normalized spacial score (nSPS) is 12.1. The Morgan fingerprint density at radius 2 is 0.468 bits per heavy atom. The van der Waals surface area contributed by atoms with Crippen LogP contribution in [0.2, 0.25) is 0 Å². The highest BCUT2D eigenvalue weighted by Gasteiger charge is 2.19. The molecule has 6 heteroatoms. The van der Waals surface area contributed by atoms with E-state index in [-0.39, 0.29) is 31.1 Å². The van der Waals surface area contributed by atoms with E-state index in [4.69, 9.17) is 14.2 Å². The Bertz CT molecular complexity index is 1240. The lowest BCUT2D eigenvalue weighted by Gasteiger charge is -2.18. The minimum absolute atomic E-state index is 0.0663. The number of unbranched alkanes of at least 4 members (excludes halogenated alkanes) is 50. The number of carbonyl (C=O) groups is 3. The lowest BCUT2D eigenvalue weighted by molar-refractivity contribution is -0.167. The Hall–Kier alpha value is -2.11. The molecule has 454 valence electrons. The Morgan fingerprint density at radius 1 is 0.260 bits per heavy atom. The first-order valence-corrected chi connectivity index (χ1v) is 34.8. The summed E-state index contributed by atoms with van der Waals surface area (Å²) in [6, 6.07) is 0. The van der Waals surface area contributed by atoms with Gasteiger partial charge in [-0.15, -0.1) is 0 Å². The van der Waals surface area contributed by atoms with Gasteiger partial charge < -0.3 is 14.2 Å². The Kier molecular flexibility index (Phi) is 64.6. The molecular formula is C71H134O6. The maximum atomic E-state index is 12.8. The predicted molar refractivity (Wildman–Crippen MR) is 335 cm³/mol. The highest BCUT2D eigenvalue weighted by atomic mass is 16.6. The van der Waals surface area contributed by atoms with Gasteiger partial charge in [0.2, 0.25) is 0 Å². The standard InChI is InChI=1S/C71H134O6/c1-4-7-10-13-15-17-19-21-23-25-27-29-31-33-34-35-36-38-39-41-43-45-47-49-51-53-55-58-61-64-70(73)76-67-68(66-75-69(72)63-60-57-12-9-6-3)77-71(74)65-62-59-56-54-52-50-48-46-44-42-40-37-32-30-28-26-24-22-20-18-16-14-11-8-5-2/h20,22,26,28,68H,4-19,21,23-25,27,29-67H2,1-3H3/b22-20-,28-26-. The Labute approximate surface area is 481 Å². The van der Waals surface area contributed by atoms with E-state index in [1.807, 2.05) is 0 Å². The zero-order valence-electron chi connectivity index (χ0n) is 52.3. The van der Waals surface area contributed by atoms with E-state index in [2.05, 4.69) is 45.1 Å². The lowest BCUT2D eigenvalue weighted by Crippen LogP contribution is -2.30. The van der Waals surface area contributed by atoms with Gasteiger partial charge in [0.1, 0.15) is 13.2 Å². The summed E-state index contributed by atoms with van der Waals surface area (Å²) in [5, 5.41) is 0. The topological polar surface area (TPSA) is 78.9 Å². The minimum Gasteiger partial charge on any atom is -0.462 e. The molecule has 77 heavy (non-hydrogen) atoms. The molecule has 0 aromatic heterocycles. The zero-order chi connectivity index (χ0) is 55.7. The van der Waals surface area contributed by atoms with Gasteiger partial charge in [-0.2, -0.15) is 0 Å². The molecular weight excluding hydrogens is 949 g/mol. The third-order valence-corrected chi connectivity index (χ3v) is 16.0. The van der Waals surface area contributed by atoms with Crippen LogP contribution in [0.5, 0.6) is 0 Å². The van der Waals surface area contributed by atoms with Gasteiger partial charge in [0.25, 0.3) is 0 Å². The maximum Gasteiger partial charge on any atom is 0.306 e. The van der Waals surface area contributed by atoms with Crippen LogP contribution in [-0.2, 0) is 28.6 Å². The molecule has 0 fully saturated rings. The summed E-state index contributed by atoms with van der Waals surface area (Å²) < 4.78 is 16.8. The SMILES string of the molecule is CCCCCCC/C=C\C/C=C\CCCCCCCCCCCCCCCC(=O)OC(COC(=O)CCCCCCC)COC(=O)CCCCCCCCCCCCCCCCCCCCCCCCCCCCCCC. The van der Waals surface area contributed by atoms with Crippen LogP contribution in [-0.4, -0.2) is 37.2 Å². The summed E-state index contributed by atoms with van der Waals surface area (Å²) in [5.41, 5.74) is 0. The molecule has 0 spiro atoms. The zero-order valence-corrected chi connectivity index (χ0v) is 52.3. The van der Waals surface area contributed by atoms with E-state index in [9.17, 15) is 14.4 Å². The van der Waals surface area contributed by atoms with Crippen LogP contribution >= 0.6 is 0 Å². The number of hydrogen-bond acceptors (Lipinski definition) is 6. The third kappa shape index (κ3) is 64.6. The first kappa shape index (κ1) is 74.9. The number of allylic oxidation sites excluding steroid dienone is 4. The quantitative estimate of drug-likeness (QED) is 0.0261. The van der Waals surface area contributed by atoms with Crippen molar-refractivity contribution in [3.8, 4) is 0 Å². The molecule has 0 rings (SSSR count). The number of hydrogen-bond donors (Lipinski definition) is 0. The smallest absolute Gasteiger partial charge is 0.306 e. The van der Waals surface area contributed by atoms with Crippen molar-refractivity contribution in [3.63, 3.8) is 0 Å². The van der Waals surface area contributed by atoms with Crippen LogP contribution in [0.15, 0.2) is 24.3 Å². The molecule has 0 aromatic rings. The number of esters is 3. The fourth-order valence-electron chi connectivity index (χ4n) is 10.7. The van der Waals surface area contributed by atoms with Crippen LogP contribution in [0.1, 0.15) is 393 Å². The molecule has 0 aliphatic heterocycles. The number of rotatable bonds is 65. The largest absolute Gasteiger partial charge is 0.462 e. The Morgan fingerprint density at radius 3 is 0.714 bits per heavy atom. The van der Waals surface area contributed by atoms with Gasteiger partial charge in [0.05, 0.1) is 0 Å². The summed E-state index contributed by atoms with van der Waals surface area (Å²) >= 11 is 0. The van der Waals surface area contributed by atoms with Crippen molar-refractivity contribution >= 4 is 17.9 Å². The van der Waals surface area contributed by atoms with E-state index >= 15 is 0 Å². The second-order valence-corrected chi connectivity index (χ2v) is 23.8. The second-order valence-electron chi connectivity index (χ2n) is 23.8. The first-order chi connectivity index (χ1) is 38.0. The molecule has 0 heterocycles. The van der Waals surface area contributed by atoms with E-state index in [1.165, 1.54) is 283 Å². The van der Waals surface area contributed by atoms with E-state index in [1.54, 1.807) is 0 Å². The molecule has 1 unspecified atom stereocenters.